The number of rotatable bonds is 3. The first kappa shape index (κ1) is 15.2. The average Bonchev–Trinajstić information content (AvgIpc) is 3.03. The van der Waals surface area contributed by atoms with Crippen LogP contribution in [0, 0.1) is 5.82 Å². The molecule has 0 bridgehead atoms. The predicted octanol–water partition coefficient (Wildman–Crippen LogP) is 1.36. The van der Waals surface area contributed by atoms with Gasteiger partial charge >= 0.3 is 0 Å². The van der Waals surface area contributed by atoms with E-state index in [0.29, 0.717) is 30.8 Å². The Morgan fingerprint density at radius 3 is 3.00 bits per heavy atom. The molecule has 6 nitrogen and oxygen atoms in total. The van der Waals surface area contributed by atoms with Crippen LogP contribution in [0.4, 0.5) is 4.39 Å². The Bertz CT molecular complexity index is 743. The molecule has 1 atom stereocenters. The van der Waals surface area contributed by atoms with Gasteiger partial charge in [-0.2, -0.15) is 5.10 Å². The van der Waals surface area contributed by atoms with Crippen molar-refractivity contribution < 1.29 is 14.0 Å². The van der Waals surface area contributed by atoms with Gasteiger partial charge in [0.15, 0.2) is 0 Å². The first-order chi connectivity index (χ1) is 11.1. The molecule has 1 aliphatic rings. The number of aryl methyl sites for hydroxylation is 1. The molecule has 0 saturated carbocycles. The molecule has 0 aliphatic carbocycles. The van der Waals surface area contributed by atoms with E-state index >= 15 is 0 Å². The van der Waals surface area contributed by atoms with Crippen LogP contribution < -0.4 is 5.32 Å². The van der Waals surface area contributed by atoms with E-state index in [1.807, 2.05) is 6.92 Å². The first-order valence-electron chi connectivity index (χ1n) is 7.46. The molecule has 2 heterocycles. The van der Waals surface area contributed by atoms with Gasteiger partial charge in [0.05, 0.1) is 11.8 Å². The topological polar surface area (TPSA) is 67.2 Å². The van der Waals surface area contributed by atoms with Gasteiger partial charge < -0.3 is 10.2 Å². The molecule has 1 saturated heterocycles. The van der Waals surface area contributed by atoms with Crippen molar-refractivity contribution in [2.75, 3.05) is 13.1 Å². The Balaban J connectivity index is 1.94. The fourth-order valence-electron chi connectivity index (χ4n) is 2.71. The third-order valence-corrected chi connectivity index (χ3v) is 3.84. The molecule has 1 aromatic heterocycles. The Kier molecular flexibility index (Phi) is 4.10. The molecule has 0 radical (unpaired) electrons. The van der Waals surface area contributed by atoms with Crippen molar-refractivity contribution in [1.82, 2.24) is 20.0 Å². The summed E-state index contributed by atoms with van der Waals surface area (Å²) in [7, 11) is 0. The summed E-state index contributed by atoms with van der Waals surface area (Å²) in [5.74, 6) is -1.03. The number of piperazine rings is 1. The molecule has 1 fully saturated rings. The molecule has 0 unspecified atom stereocenters. The van der Waals surface area contributed by atoms with E-state index in [1.54, 1.807) is 16.9 Å². The van der Waals surface area contributed by atoms with E-state index in [0.717, 1.165) is 0 Å². The summed E-state index contributed by atoms with van der Waals surface area (Å²) in [4.78, 5) is 26.5. The molecule has 2 amide bonds. The van der Waals surface area contributed by atoms with Crippen molar-refractivity contribution in [3.8, 4) is 0 Å². The maximum atomic E-state index is 13.5. The summed E-state index contributed by atoms with van der Waals surface area (Å²) in [5.41, 5.74) is 0.876. The van der Waals surface area contributed by atoms with Crippen LogP contribution in [-0.2, 0) is 11.3 Å². The van der Waals surface area contributed by atoms with Gasteiger partial charge in [-0.3, -0.25) is 14.3 Å². The van der Waals surface area contributed by atoms with Gasteiger partial charge in [-0.25, -0.2) is 4.39 Å². The van der Waals surface area contributed by atoms with E-state index in [9.17, 15) is 14.0 Å². The van der Waals surface area contributed by atoms with Crippen LogP contribution in [0.15, 0.2) is 36.7 Å². The number of benzene rings is 1. The number of nitrogens with one attached hydrogen (secondary N) is 1. The Hall–Kier alpha value is -2.70. The second-order valence-electron chi connectivity index (χ2n) is 5.33. The lowest BCUT2D eigenvalue weighted by Gasteiger charge is -2.35. The third kappa shape index (κ3) is 2.94. The number of amides is 2. The van der Waals surface area contributed by atoms with Gasteiger partial charge in [-0.15, -0.1) is 0 Å². The summed E-state index contributed by atoms with van der Waals surface area (Å²) in [6, 6.07) is 4.93. The van der Waals surface area contributed by atoms with Crippen molar-refractivity contribution >= 4 is 11.8 Å². The average molecular weight is 316 g/mol. The molecular formula is C16H17FN4O2. The van der Waals surface area contributed by atoms with E-state index in [4.69, 9.17) is 0 Å². The highest BCUT2D eigenvalue weighted by Gasteiger charge is 2.35. The highest BCUT2D eigenvalue weighted by molar-refractivity contribution is 5.98. The summed E-state index contributed by atoms with van der Waals surface area (Å²) in [6.07, 6.45) is 3.14. The SMILES string of the molecule is CCn1cc(C(=O)N2CCNC(=O)[C@@H]2c2cccc(F)c2)cn1. The van der Waals surface area contributed by atoms with Gasteiger partial charge in [0.25, 0.3) is 5.91 Å². The van der Waals surface area contributed by atoms with Crippen molar-refractivity contribution in [3.63, 3.8) is 0 Å². The van der Waals surface area contributed by atoms with Gasteiger partial charge in [-0.05, 0) is 24.6 Å². The minimum Gasteiger partial charge on any atom is -0.352 e. The highest BCUT2D eigenvalue weighted by atomic mass is 19.1. The van der Waals surface area contributed by atoms with E-state index < -0.39 is 11.9 Å². The Labute approximate surface area is 132 Å². The Morgan fingerprint density at radius 2 is 2.30 bits per heavy atom. The fourth-order valence-corrected chi connectivity index (χ4v) is 2.71. The molecule has 1 N–H and O–H groups in total. The van der Waals surface area contributed by atoms with Crippen molar-refractivity contribution in [3.05, 3.63) is 53.6 Å². The molecular weight excluding hydrogens is 299 g/mol. The largest absolute Gasteiger partial charge is 0.352 e. The zero-order valence-corrected chi connectivity index (χ0v) is 12.7. The minimum atomic E-state index is -0.836. The van der Waals surface area contributed by atoms with Crippen molar-refractivity contribution in [2.45, 2.75) is 19.5 Å². The molecule has 2 aromatic rings. The molecule has 7 heteroatoms. The summed E-state index contributed by atoms with van der Waals surface area (Å²) in [5, 5.41) is 6.82. The summed E-state index contributed by atoms with van der Waals surface area (Å²) >= 11 is 0. The zero-order valence-electron chi connectivity index (χ0n) is 12.7. The van der Waals surface area contributed by atoms with Gasteiger partial charge in [-0.1, -0.05) is 12.1 Å². The number of carbonyl (C=O) groups excluding carboxylic acids is 2. The van der Waals surface area contributed by atoms with Crippen LogP contribution in [0.1, 0.15) is 28.9 Å². The second kappa shape index (κ2) is 6.20. The lowest BCUT2D eigenvalue weighted by atomic mass is 10.0. The number of carbonyl (C=O) groups is 2. The molecule has 120 valence electrons. The normalized spacial score (nSPS) is 17.9. The fraction of sp³-hybridized carbons (Fsp3) is 0.312. The molecule has 1 aliphatic heterocycles. The van der Waals surface area contributed by atoms with Crippen molar-refractivity contribution in [2.24, 2.45) is 0 Å². The summed E-state index contributed by atoms with van der Waals surface area (Å²) in [6.45, 7) is 3.31. The number of halogens is 1. The number of hydrogen-bond donors (Lipinski definition) is 1. The zero-order chi connectivity index (χ0) is 16.4. The van der Waals surface area contributed by atoms with Crippen LogP contribution in [0.5, 0.6) is 0 Å². The standard InChI is InChI=1S/C16H17FN4O2/c1-2-20-10-12(9-19-20)16(23)21-7-6-18-15(22)14(21)11-4-3-5-13(17)8-11/h3-5,8-10,14H,2,6-7H2,1H3,(H,18,22)/t14-/m0/s1. The third-order valence-electron chi connectivity index (χ3n) is 3.84. The van der Waals surface area contributed by atoms with E-state index in [-0.39, 0.29) is 11.8 Å². The quantitative estimate of drug-likeness (QED) is 0.929. The lowest BCUT2D eigenvalue weighted by Crippen LogP contribution is -2.52. The van der Waals surface area contributed by atoms with Crippen LogP contribution in [-0.4, -0.2) is 39.6 Å². The Morgan fingerprint density at radius 1 is 1.48 bits per heavy atom. The van der Waals surface area contributed by atoms with Gasteiger partial charge in [0.1, 0.15) is 11.9 Å². The maximum absolute atomic E-state index is 13.5. The predicted molar refractivity (Wildman–Crippen MR) is 81.1 cm³/mol. The van der Waals surface area contributed by atoms with Gasteiger partial charge in [0, 0.05) is 25.8 Å². The van der Waals surface area contributed by atoms with Crippen LogP contribution in [0.25, 0.3) is 0 Å². The first-order valence-corrected chi connectivity index (χ1v) is 7.46. The minimum absolute atomic E-state index is 0.284. The number of aromatic nitrogens is 2. The van der Waals surface area contributed by atoms with Crippen LogP contribution in [0.2, 0.25) is 0 Å². The molecule has 0 spiro atoms. The van der Waals surface area contributed by atoms with Crippen molar-refractivity contribution in [1.29, 1.82) is 0 Å². The van der Waals surface area contributed by atoms with E-state index in [1.165, 1.54) is 29.3 Å². The smallest absolute Gasteiger partial charge is 0.258 e. The summed E-state index contributed by atoms with van der Waals surface area (Å²) < 4.78 is 15.1. The number of hydrogen-bond acceptors (Lipinski definition) is 3. The van der Waals surface area contributed by atoms with E-state index in [2.05, 4.69) is 10.4 Å². The van der Waals surface area contributed by atoms with Crippen LogP contribution in [0.3, 0.4) is 0 Å². The van der Waals surface area contributed by atoms with Crippen LogP contribution >= 0.6 is 0 Å². The molecule has 3 rings (SSSR count). The maximum Gasteiger partial charge on any atom is 0.258 e. The monoisotopic (exact) mass is 316 g/mol. The lowest BCUT2D eigenvalue weighted by molar-refractivity contribution is -0.128. The van der Waals surface area contributed by atoms with Gasteiger partial charge in [0.2, 0.25) is 5.91 Å². The molecule has 1 aromatic carbocycles. The molecule has 23 heavy (non-hydrogen) atoms. The second-order valence-corrected chi connectivity index (χ2v) is 5.33. The number of nitrogens with zero attached hydrogens (tertiary/aromatic N) is 3. The highest BCUT2D eigenvalue weighted by Crippen LogP contribution is 2.25.